The number of nitrogens with zero attached hydrogens (tertiary/aromatic N) is 1. The number of carboxylic acid groups (broad SMARTS) is 1. The highest BCUT2D eigenvalue weighted by Crippen LogP contribution is 2.23. The second-order valence-electron chi connectivity index (χ2n) is 5.18. The van der Waals surface area contributed by atoms with E-state index in [-0.39, 0.29) is 24.7 Å². The standard InChI is InChI=1S/C15H18N2O4/c1-9(2)15-17-11-8-10(6-7-12(11)21-15)16-13(18)4-3-5-14(19)20/h6-9H,3-5H2,1-2H3,(H,16,18)(H,19,20). The van der Waals surface area contributed by atoms with Gasteiger partial charge in [0.1, 0.15) is 5.52 Å². The number of hydrogen-bond acceptors (Lipinski definition) is 4. The zero-order chi connectivity index (χ0) is 15.4. The fourth-order valence-electron chi connectivity index (χ4n) is 1.89. The van der Waals surface area contributed by atoms with Crippen LogP contribution < -0.4 is 5.32 Å². The van der Waals surface area contributed by atoms with Crippen LogP contribution in [0.25, 0.3) is 11.1 Å². The maximum Gasteiger partial charge on any atom is 0.303 e. The second kappa shape index (κ2) is 6.39. The Morgan fingerprint density at radius 1 is 1.33 bits per heavy atom. The highest BCUT2D eigenvalue weighted by atomic mass is 16.4. The van der Waals surface area contributed by atoms with E-state index in [1.165, 1.54) is 0 Å². The third kappa shape index (κ3) is 4.05. The number of rotatable bonds is 6. The number of carboxylic acids is 1. The Morgan fingerprint density at radius 2 is 2.10 bits per heavy atom. The Hall–Kier alpha value is -2.37. The van der Waals surface area contributed by atoms with Gasteiger partial charge in [-0.3, -0.25) is 9.59 Å². The zero-order valence-corrected chi connectivity index (χ0v) is 12.0. The van der Waals surface area contributed by atoms with Gasteiger partial charge in [0.05, 0.1) is 0 Å². The highest BCUT2D eigenvalue weighted by molar-refractivity contribution is 5.92. The summed E-state index contributed by atoms with van der Waals surface area (Å²) in [7, 11) is 0. The number of anilines is 1. The summed E-state index contributed by atoms with van der Waals surface area (Å²) in [6.07, 6.45) is 0.499. The van der Waals surface area contributed by atoms with Gasteiger partial charge in [-0.25, -0.2) is 4.98 Å². The van der Waals surface area contributed by atoms with Crippen LogP contribution in [0.15, 0.2) is 22.6 Å². The molecule has 0 bridgehead atoms. The van der Waals surface area contributed by atoms with Gasteiger partial charge in [-0.05, 0) is 24.6 Å². The topological polar surface area (TPSA) is 92.4 Å². The maximum absolute atomic E-state index is 11.7. The molecule has 0 atom stereocenters. The lowest BCUT2D eigenvalue weighted by Gasteiger charge is -2.03. The molecule has 0 aliphatic heterocycles. The molecule has 0 saturated heterocycles. The minimum Gasteiger partial charge on any atom is -0.481 e. The Balaban J connectivity index is 2.02. The summed E-state index contributed by atoms with van der Waals surface area (Å²) < 4.78 is 5.59. The number of aromatic nitrogens is 1. The lowest BCUT2D eigenvalue weighted by Crippen LogP contribution is -2.11. The van der Waals surface area contributed by atoms with Gasteiger partial charge in [0.15, 0.2) is 11.5 Å². The van der Waals surface area contributed by atoms with Gasteiger partial charge in [-0.2, -0.15) is 0 Å². The SMILES string of the molecule is CC(C)c1nc2cc(NC(=O)CCCC(=O)O)ccc2o1. The first-order valence-electron chi connectivity index (χ1n) is 6.88. The molecule has 1 aromatic heterocycles. The molecule has 0 unspecified atom stereocenters. The molecule has 2 N–H and O–H groups in total. The summed E-state index contributed by atoms with van der Waals surface area (Å²) >= 11 is 0. The minimum absolute atomic E-state index is 0.00646. The van der Waals surface area contributed by atoms with Gasteiger partial charge in [-0.15, -0.1) is 0 Å². The molecule has 0 saturated carbocycles. The van der Waals surface area contributed by atoms with Gasteiger partial charge in [0.2, 0.25) is 5.91 Å². The molecule has 0 spiro atoms. The van der Waals surface area contributed by atoms with Crippen LogP contribution in [0.1, 0.15) is 44.9 Å². The third-order valence-corrected chi connectivity index (χ3v) is 2.98. The predicted molar refractivity (Wildman–Crippen MR) is 78.2 cm³/mol. The van der Waals surface area contributed by atoms with E-state index < -0.39 is 5.97 Å². The molecule has 0 radical (unpaired) electrons. The van der Waals surface area contributed by atoms with Crippen molar-refractivity contribution in [2.75, 3.05) is 5.32 Å². The number of amides is 1. The number of benzene rings is 1. The van der Waals surface area contributed by atoms with Gasteiger partial charge < -0.3 is 14.8 Å². The van der Waals surface area contributed by atoms with Crippen LogP contribution in [-0.2, 0) is 9.59 Å². The van der Waals surface area contributed by atoms with Crippen molar-refractivity contribution in [3.63, 3.8) is 0 Å². The molecular formula is C15H18N2O4. The van der Waals surface area contributed by atoms with Crippen LogP contribution in [0.4, 0.5) is 5.69 Å². The third-order valence-electron chi connectivity index (χ3n) is 2.98. The molecule has 2 aromatic rings. The molecule has 2 rings (SSSR count). The Labute approximate surface area is 122 Å². The quantitative estimate of drug-likeness (QED) is 0.852. The van der Waals surface area contributed by atoms with E-state index in [9.17, 15) is 9.59 Å². The van der Waals surface area contributed by atoms with Crippen molar-refractivity contribution in [1.82, 2.24) is 4.98 Å². The smallest absolute Gasteiger partial charge is 0.303 e. The van der Waals surface area contributed by atoms with E-state index >= 15 is 0 Å². The number of aliphatic carboxylic acids is 1. The van der Waals surface area contributed by atoms with E-state index in [1.54, 1.807) is 18.2 Å². The molecule has 1 amide bonds. The van der Waals surface area contributed by atoms with E-state index in [0.29, 0.717) is 29.1 Å². The summed E-state index contributed by atoms with van der Waals surface area (Å²) in [4.78, 5) is 26.5. The van der Waals surface area contributed by atoms with Crippen LogP contribution in [0.2, 0.25) is 0 Å². The molecule has 0 fully saturated rings. The Morgan fingerprint density at radius 3 is 2.76 bits per heavy atom. The number of nitrogens with one attached hydrogen (secondary N) is 1. The number of oxazole rings is 1. The molecule has 6 nitrogen and oxygen atoms in total. The maximum atomic E-state index is 11.7. The van der Waals surface area contributed by atoms with E-state index in [2.05, 4.69) is 10.3 Å². The molecule has 112 valence electrons. The number of hydrogen-bond donors (Lipinski definition) is 2. The van der Waals surface area contributed by atoms with Crippen LogP contribution in [0.3, 0.4) is 0 Å². The number of carbonyl (C=O) groups excluding carboxylic acids is 1. The molecule has 1 heterocycles. The summed E-state index contributed by atoms with van der Waals surface area (Å²) in [5.41, 5.74) is 2.01. The van der Waals surface area contributed by atoms with Crippen molar-refractivity contribution in [3.8, 4) is 0 Å². The van der Waals surface area contributed by atoms with Crippen molar-refractivity contribution >= 4 is 28.7 Å². The van der Waals surface area contributed by atoms with Gasteiger partial charge >= 0.3 is 5.97 Å². The molecular weight excluding hydrogens is 272 g/mol. The van der Waals surface area contributed by atoms with Crippen LogP contribution in [-0.4, -0.2) is 22.0 Å². The fraction of sp³-hybridized carbons (Fsp3) is 0.400. The fourth-order valence-corrected chi connectivity index (χ4v) is 1.89. The number of fused-ring (bicyclic) bond motifs is 1. The van der Waals surface area contributed by atoms with Gasteiger partial charge in [-0.1, -0.05) is 13.8 Å². The summed E-state index contributed by atoms with van der Waals surface area (Å²) in [6.45, 7) is 3.99. The van der Waals surface area contributed by atoms with Crippen LogP contribution in [0, 0.1) is 0 Å². The summed E-state index contributed by atoms with van der Waals surface area (Å²) in [6, 6.07) is 5.26. The lowest BCUT2D eigenvalue weighted by molar-refractivity contribution is -0.137. The molecule has 1 aromatic carbocycles. The normalized spacial score (nSPS) is 11.0. The summed E-state index contributed by atoms with van der Waals surface area (Å²) in [5, 5.41) is 11.3. The van der Waals surface area contributed by atoms with Crippen molar-refractivity contribution in [1.29, 1.82) is 0 Å². The second-order valence-corrected chi connectivity index (χ2v) is 5.18. The van der Waals surface area contributed by atoms with E-state index in [4.69, 9.17) is 9.52 Å². The van der Waals surface area contributed by atoms with Crippen molar-refractivity contribution in [2.24, 2.45) is 0 Å². The van der Waals surface area contributed by atoms with Crippen molar-refractivity contribution in [3.05, 3.63) is 24.1 Å². The minimum atomic E-state index is -0.895. The molecule has 0 aliphatic carbocycles. The number of carbonyl (C=O) groups is 2. The molecule has 6 heteroatoms. The van der Waals surface area contributed by atoms with E-state index in [0.717, 1.165) is 0 Å². The molecule has 21 heavy (non-hydrogen) atoms. The lowest BCUT2D eigenvalue weighted by atomic mass is 10.2. The molecule has 0 aliphatic rings. The van der Waals surface area contributed by atoms with E-state index in [1.807, 2.05) is 13.8 Å². The van der Waals surface area contributed by atoms with Crippen LogP contribution >= 0.6 is 0 Å². The Kier molecular flexibility index (Phi) is 4.57. The van der Waals surface area contributed by atoms with Crippen molar-refractivity contribution in [2.45, 2.75) is 39.0 Å². The zero-order valence-electron chi connectivity index (χ0n) is 12.0. The average molecular weight is 290 g/mol. The largest absolute Gasteiger partial charge is 0.481 e. The Bertz CT molecular complexity index is 661. The first-order valence-corrected chi connectivity index (χ1v) is 6.88. The van der Waals surface area contributed by atoms with Crippen molar-refractivity contribution < 1.29 is 19.1 Å². The first-order chi connectivity index (χ1) is 9.95. The average Bonchev–Trinajstić information content (AvgIpc) is 2.81. The summed E-state index contributed by atoms with van der Waals surface area (Å²) in [5.74, 6) is -0.238. The highest BCUT2D eigenvalue weighted by Gasteiger charge is 2.10. The van der Waals surface area contributed by atoms with Crippen LogP contribution in [0.5, 0.6) is 0 Å². The first kappa shape index (κ1) is 15.0. The monoisotopic (exact) mass is 290 g/mol. The van der Waals surface area contributed by atoms with Gasteiger partial charge in [0, 0.05) is 24.4 Å². The van der Waals surface area contributed by atoms with Gasteiger partial charge in [0.25, 0.3) is 0 Å². The predicted octanol–water partition coefficient (Wildman–Crippen LogP) is 3.14.